The Morgan fingerprint density at radius 1 is 0.964 bits per heavy atom. The number of amides is 2. The van der Waals surface area contributed by atoms with Crippen LogP contribution in [-0.4, -0.2) is 54.3 Å². The van der Waals surface area contributed by atoms with E-state index in [9.17, 15) is 9.59 Å². The molecule has 6 heteroatoms. The maximum absolute atomic E-state index is 13.0. The predicted molar refractivity (Wildman–Crippen MR) is 111 cm³/mol. The van der Waals surface area contributed by atoms with Gasteiger partial charge in [-0.2, -0.15) is 0 Å². The molecule has 2 aromatic carbocycles. The van der Waals surface area contributed by atoms with Crippen LogP contribution >= 0.6 is 11.6 Å². The van der Waals surface area contributed by atoms with Crippen molar-refractivity contribution in [3.05, 3.63) is 64.7 Å². The van der Waals surface area contributed by atoms with E-state index in [-0.39, 0.29) is 11.8 Å². The minimum absolute atomic E-state index is 0.0495. The van der Waals surface area contributed by atoms with E-state index < -0.39 is 0 Å². The van der Waals surface area contributed by atoms with Gasteiger partial charge in [-0.15, -0.1) is 0 Å². The molecule has 2 fully saturated rings. The molecule has 0 bridgehead atoms. The van der Waals surface area contributed by atoms with Crippen LogP contribution in [0.2, 0.25) is 5.02 Å². The topological polar surface area (TPSA) is 43.9 Å². The number of halogens is 1. The van der Waals surface area contributed by atoms with Crippen molar-refractivity contribution in [2.45, 2.75) is 19.4 Å². The summed E-state index contributed by atoms with van der Waals surface area (Å²) in [6.45, 7) is 4.24. The molecule has 2 heterocycles. The Kier molecular flexibility index (Phi) is 5.53. The SMILES string of the molecule is O=C1CCCN1Cc1cccc(C(=O)N2CCN(c3ccccc3Cl)CC2)c1. The predicted octanol–water partition coefficient (Wildman–Crippen LogP) is 3.42. The average molecular weight is 398 g/mol. The van der Waals surface area contributed by atoms with Crippen molar-refractivity contribution >= 4 is 29.1 Å². The second-order valence-electron chi connectivity index (χ2n) is 7.35. The molecule has 0 aromatic heterocycles. The first-order chi connectivity index (χ1) is 13.6. The molecule has 2 aliphatic heterocycles. The molecule has 2 aliphatic rings. The van der Waals surface area contributed by atoms with Crippen LogP contribution in [-0.2, 0) is 11.3 Å². The lowest BCUT2D eigenvalue weighted by Gasteiger charge is -2.36. The Hall–Kier alpha value is -2.53. The summed E-state index contributed by atoms with van der Waals surface area (Å²) in [5, 5.41) is 0.742. The van der Waals surface area contributed by atoms with Crippen molar-refractivity contribution in [2.75, 3.05) is 37.6 Å². The molecule has 2 aromatic rings. The number of benzene rings is 2. The van der Waals surface area contributed by atoms with Gasteiger partial charge in [0, 0.05) is 51.3 Å². The quantitative estimate of drug-likeness (QED) is 0.794. The van der Waals surface area contributed by atoms with Crippen molar-refractivity contribution in [2.24, 2.45) is 0 Å². The molecule has 5 nitrogen and oxygen atoms in total. The zero-order valence-corrected chi connectivity index (χ0v) is 16.6. The first-order valence-electron chi connectivity index (χ1n) is 9.77. The number of hydrogen-bond donors (Lipinski definition) is 0. The van der Waals surface area contributed by atoms with Gasteiger partial charge in [0.2, 0.25) is 5.91 Å². The van der Waals surface area contributed by atoms with Crippen LogP contribution in [0.4, 0.5) is 5.69 Å². The van der Waals surface area contributed by atoms with E-state index in [1.807, 2.05) is 58.3 Å². The monoisotopic (exact) mass is 397 g/mol. The Bertz CT molecular complexity index is 878. The molecular formula is C22H24ClN3O2. The highest BCUT2D eigenvalue weighted by molar-refractivity contribution is 6.33. The highest BCUT2D eigenvalue weighted by atomic mass is 35.5. The highest BCUT2D eigenvalue weighted by Gasteiger charge is 2.24. The highest BCUT2D eigenvalue weighted by Crippen LogP contribution is 2.26. The number of likely N-dealkylation sites (tertiary alicyclic amines) is 1. The molecular weight excluding hydrogens is 374 g/mol. The van der Waals surface area contributed by atoms with E-state index in [1.54, 1.807) is 0 Å². The van der Waals surface area contributed by atoms with Gasteiger partial charge in [-0.05, 0) is 36.2 Å². The van der Waals surface area contributed by atoms with E-state index in [2.05, 4.69) is 4.90 Å². The lowest BCUT2D eigenvalue weighted by atomic mass is 10.1. The van der Waals surface area contributed by atoms with Crippen LogP contribution < -0.4 is 4.90 Å². The molecule has 2 saturated heterocycles. The van der Waals surface area contributed by atoms with Crippen molar-refractivity contribution < 1.29 is 9.59 Å². The molecule has 0 radical (unpaired) electrons. The van der Waals surface area contributed by atoms with Gasteiger partial charge in [-0.1, -0.05) is 35.9 Å². The number of carbonyl (C=O) groups is 2. The summed E-state index contributed by atoms with van der Waals surface area (Å²) in [6.07, 6.45) is 1.56. The molecule has 4 rings (SSSR count). The summed E-state index contributed by atoms with van der Waals surface area (Å²) in [5.41, 5.74) is 2.72. The van der Waals surface area contributed by atoms with Crippen LogP contribution in [0.3, 0.4) is 0 Å². The zero-order valence-electron chi connectivity index (χ0n) is 15.8. The zero-order chi connectivity index (χ0) is 19.5. The van der Waals surface area contributed by atoms with Gasteiger partial charge in [0.1, 0.15) is 0 Å². The molecule has 28 heavy (non-hydrogen) atoms. The lowest BCUT2D eigenvalue weighted by molar-refractivity contribution is -0.128. The molecule has 0 spiro atoms. The van der Waals surface area contributed by atoms with Crippen LogP contribution in [0.15, 0.2) is 48.5 Å². The Labute approximate surface area is 170 Å². The number of hydrogen-bond acceptors (Lipinski definition) is 3. The van der Waals surface area contributed by atoms with Gasteiger partial charge in [0.15, 0.2) is 0 Å². The van der Waals surface area contributed by atoms with E-state index in [4.69, 9.17) is 11.6 Å². The van der Waals surface area contributed by atoms with Crippen LogP contribution in [0, 0.1) is 0 Å². The summed E-state index contributed by atoms with van der Waals surface area (Å²) >= 11 is 6.30. The fraction of sp³-hybridized carbons (Fsp3) is 0.364. The van der Waals surface area contributed by atoms with E-state index in [0.29, 0.717) is 31.6 Å². The number of para-hydroxylation sites is 1. The number of piperazine rings is 1. The van der Waals surface area contributed by atoms with Crippen LogP contribution in [0.5, 0.6) is 0 Å². The van der Waals surface area contributed by atoms with Gasteiger partial charge in [-0.3, -0.25) is 9.59 Å². The molecule has 146 valence electrons. The molecule has 2 amide bonds. The third-order valence-electron chi connectivity index (χ3n) is 5.48. The average Bonchev–Trinajstić information content (AvgIpc) is 3.13. The van der Waals surface area contributed by atoms with Gasteiger partial charge in [0.05, 0.1) is 10.7 Å². The molecule has 0 atom stereocenters. The molecule has 0 aliphatic carbocycles. The largest absolute Gasteiger partial charge is 0.367 e. The Morgan fingerprint density at radius 3 is 2.46 bits per heavy atom. The summed E-state index contributed by atoms with van der Waals surface area (Å²) in [6, 6.07) is 15.5. The van der Waals surface area contributed by atoms with E-state index in [0.717, 1.165) is 42.3 Å². The smallest absolute Gasteiger partial charge is 0.253 e. The van der Waals surface area contributed by atoms with Crippen molar-refractivity contribution in [1.82, 2.24) is 9.80 Å². The van der Waals surface area contributed by atoms with Crippen molar-refractivity contribution in [3.63, 3.8) is 0 Å². The third kappa shape index (κ3) is 3.99. The van der Waals surface area contributed by atoms with E-state index in [1.165, 1.54) is 0 Å². The first-order valence-corrected chi connectivity index (χ1v) is 10.1. The third-order valence-corrected chi connectivity index (χ3v) is 5.80. The molecule has 0 unspecified atom stereocenters. The number of nitrogens with zero attached hydrogens (tertiary/aromatic N) is 3. The second kappa shape index (κ2) is 8.23. The summed E-state index contributed by atoms with van der Waals surface area (Å²) in [5.74, 6) is 0.251. The number of anilines is 1. The van der Waals surface area contributed by atoms with Gasteiger partial charge in [-0.25, -0.2) is 0 Å². The minimum atomic E-state index is 0.0495. The van der Waals surface area contributed by atoms with Crippen LogP contribution in [0.1, 0.15) is 28.8 Å². The fourth-order valence-corrected chi connectivity index (χ4v) is 4.19. The van der Waals surface area contributed by atoms with Gasteiger partial charge in [0.25, 0.3) is 5.91 Å². The first kappa shape index (κ1) is 18.8. The number of rotatable bonds is 4. The van der Waals surface area contributed by atoms with Crippen molar-refractivity contribution in [3.8, 4) is 0 Å². The summed E-state index contributed by atoms with van der Waals surface area (Å²) < 4.78 is 0. The molecule has 0 N–H and O–H groups in total. The summed E-state index contributed by atoms with van der Waals surface area (Å²) in [7, 11) is 0. The Morgan fingerprint density at radius 2 is 1.75 bits per heavy atom. The lowest BCUT2D eigenvalue weighted by Crippen LogP contribution is -2.48. The molecule has 0 saturated carbocycles. The fourth-order valence-electron chi connectivity index (χ4n) is 3.94. The van der Waals surface area contributed by atoms with Crippen LogP contribution in [0.25, 0.3) is 0 Å². The van der Waals surface area contributed by atoms with Crippen molar-refractivity contribution in [1.29, 1.82) is 0 Å². The maximum atomic E-state index is 13.0. The normalized spacial score (nSPS) is 17.3. The maximum Gasteiger partial charge on any atom is 0.253 e. The standard InChI is InChI=1S/C22H24ClN3O2/c23-19-7-1-2-8-20(19)24-11-13-25(14-12-24)22(28)18-6-3-5-17(15-18)16-26-10-4-9-21(26)27/h1-3,5-8,15H,4,9-14,16H2. The Balaban J connectivity index is 1.39. The van der Waals surface area contributed by atoms with Gasteiger partial charge < -0.3 is 14.7 Å². The summed E-state index contributed by atoms with van der Waals surface area (Å²) in [4.78, 5) is 30.8. The minimum Gasteiger partial charge on any atom is -0.367 e. The van der Waals surface area contributed by atoms with Gasteiger partial charge >= 0.3 is 0 Å². The second-order valence-corrected chi connectivity index (χ2v) is 7.76. The number of carbonyl (C=O) groups excluding carboxylic acids is 2. The van der Waals surface area contributed by atoms with E-state index >= 15 is 0 Å².